The minimum atomic E-state index is -0.155. The van der Waals surface area contributed by atoms with Crippen LogP contribution >= 0.6 is 23.1 Å². The fourth-order valence-corrected chi connectivity index (χ4v) is 3.84. The van der Waals surface area contributed by atoms with Crippen LogP contribution in [-0.2, 0) is 4.79 Å². The Hall–Kier alpha value is -1.14. The Morgan fingerprint density at radius 3 is 2.89 bits per heavy atom. The van der Waals surface area contributed by atoms with Gasteiger partial charge in [0.25, 0.3) is 0 Å². The molecule has 19 heavy (non-hydrogen) atoms. The zero-order chi connectivity index (χ0) is 14.0. The van der Waals surface area contributed by atoms with E-state index in [-0.39, 0.29) is 11.2 Å². The first-order valence-corrected chi connectivity index (χ1v) is 7.89. The molecule has 0 radical (unpaired) electrons. The lowest BCUT2D eigenvalue weighted by atomic mass is 10.2. The van der Waals surface area contributed by atoms with Crippen molar-refractivity contribution in [2.24, 2.45) is 0 Å². The number of amides is 1. The molecule has 1 atom stereocenters. The lowest BCUT2D eigenvalue weighted by molar-refractivity contribution is -0.120. The molecular weight excluding hydrogens is 278 g/mol. The maximum Gasteiger partial charge on any atom is 0.233 e. The summed E-state index contributed by atoms with van der Waals surface area (Å²) < 4.78 is 0. The van der Waals surface area contributed by atoms with E-state index in [4.69, 9.17) is 0 Å². The van der Waals surface area contributed by atoms with Crippen LogP contribution in [0.1, 0.15) is 24.3 Å². The Morgan fingerprint density at radius 2 is 2.21 bits per heavy atom. The summed E-state index contributed by atoms with van der Waals surface area (Å²) in [7, 11) is 0. The van der Waals surface area contributed by atoms with Crippen molar-refractivity contribution in [3.05, 3.63) is 16.8 Å². The lowest BCUT2D eigenvalue weighted by Gasteiger charge is -2.10. The fraction of sp³-hybridized carbons (Fsp3) is 0.462. The molecule has 2 aromatic heterocycles. The standard InChI is InChI=1S/C13H17N3OS2/c1-5-14-11(17)9(4)19-13-10-7(2)8(3)18-12(10)15-6-16-13/h6,9H,5H2,1-4H3,(H,14,17)/t9-/m1/s1. The van der Waals surface area contributed by atoms with Gasteiger partial charge in [0.15, 0.2) is 0 Å². The van der Waals surface area contributed by atoms with E-state index in [0.717, 1.165) is 15.2 Å². The number of fused-ring (bicyclic) bond motifs is 1. The smallest absolute Gasteiger partial charge is 0.233 e. The summed E-state index contributed by atoms with van der Waals surface area (Å²) in [5, 5.41) is 4.66. The largest absolute Gasteiger partial charge is 0.355 e. The highest BCUT2D eigenvalue weighted by Crippen LogP contribution is 2.35. The van der Waals surface area contributed by atoms with Crippen LogP contribution < -0.4 is 5.32 Å². The summed E-state index contributed by atoms with van der Waals surface area (Å²) in [5.41, 5.74) is 1.21. The molecule has 0 bridgehead atoms. The van der Waals surface area contributed by atoms with E-state index < -0.39 is 0 Å². The number of carbonyl (C=O) groups excluding carboxylic acids is 1. The molecule has 2 heterocycles. The van der Waals surface area contributed by atoms with Gasteiger partial charge < -0.3 is 5.32 Å². The molecule has 0 aliphatic heterocycles. The zero-order valence-corrected chi connectivity index (χ0v) is 13.1. The third kappa shape index (κ3) is 2.90. The van der Waals surface area contributed by atoms with Gasteiger partial charge in [0.2, 0.25) is 5.91 Å². The van der Waals surface area contributed by atoms with Gasteiger partial charge in [0, 0.05) is 16.8 Å². The highest BCUT2D eigenvalue weighted by molar-refractivity contribution is 8.00. The summed E-state index contributed by atoms with van der Waals surface area (Å²) >= 11 is 3.17. The second-order valence-corrected chi connectivity index (χ2v) is 6.83. The first-order chi connectivity index (χ1) is 9.04. The summed E-state index contributed by atoms with van der Waals surface area (Å²) in [4.78, 5) is 22.7. The predicted molar refractivity (Wildman–Crippen MR) is 80.9 cm³/mol. The van der Waals surface area contributed by atoms with Gasteiger partial charge in [0.05, 0.1) is 5.25 Å². The number of thiophene rings is 1. The van der Waals surface area contributed by atoms with E-state index in [1.807, 2.05) is 13.8 Å². The second kappa shape index (κ2) is 5.88. The molecule has 2 aromatic rings. The number of aromatic nitrogens is 2. The molecule has 6 heteroatoms. The van der Waals surface area contributed by atoms with E-state index in [1.165, 1.54) is 22.2 Å². The van der Waals surface area contributed by atoms with Crippen molar-refractivity contribution >= 4 is 39.2 Å². The van der Waals surface area contributed by atoms with Gasteiger partial charge in [-0.05, 0) is 33.3 Å². The SMILES string of the molecule is CCNC(=O)[C@@H](C)Sc1ncnc2sc(C)c(C)c12. The van der Waals surface area contributed by atoms with Crippen LogP contribution in [0.25, 0.3) is 10.2 Å². The van der Waals surface area contributed by atoms with Crippen LogP contribution in [0.3, 0.4) is 0 Å². The molecule has 102 valence electrons. The van der Waals surface area contributed by atoms with E-state index in [9.17, 15) is 4.79 Å². The van der Waals surface area contributed by atoms with Gasteiger partial charge >= 0.3 is 0 Å². The van der Waals surface area contributed by atoms with Crippen LogP contribution in [0.15, 0.2) is 11.4 Å². The van der Waals surface area contributed by atoms with Crippen molar-refractivity contribution in [1.82, 2.24) is 15.3 Å². The number of nitrogens with zero attached hydrogens (tertiary/aromatic N) is 2. The van der Waals surface area contributed by atoms with Crippen molar-refractivity contribution < 1.29 is 4.79 Å². The summed E-state index contributed by atoms with van der Waals surface area (Å²) in [6.07, 6.45) is 1.57. The molecular formula is C13H17N3OS2. The molecule has 1 amide bonds. The molecule has 0 aromatic carbocycles. The number of thioether (sulfide) groups is 1. The van der Waals surface area contributed by atoms with Crippen LogP contribution in [0.5, 0.6) is 0 Å². The number of hydrogen-bond acceptors (Lipinski definition) is 5. The van der Waals surface area contributed by atoms with Crippen LogP contribution in [0, 0.1) is 13.8 Å². The topological polar surface area (TPSA) is 54.9 Å². The minimum Gasteiger partial charge on any atom is -0.355 e. The second-order valence-electron chi connectivity index (χ2n) is 4.30. The highest BCUT2D eigenvalue weighted by Gasteiger charge is 2.18. The van der Waals surface area contributed by atoms with Crippen molar-refractivity contribution in [3.8, 4) is 0 Å². The van der Waals surface area contributed by atoms with Crippen molar-refractivity contribution in [2.75, 3.05) is 6.54 Å². The molecule has 2 rings (SSSR count). The number of nitrogens with one attached hydrogen (secondary N) is 1. The number of aryl methyl sites for hydroxylation is 2. The normalized spacial score (nSPS) is 12.6. The van der Waals surface area contributed by atoms with E-state index in [2.05, 4.69) is 29.1 Å². The van der Waals surface area contributed by atoms with Gasteiger partial charge in [-0.25, -0.2) is 9.97 Å². The Balaban J connectivity index is 2.33. The summed E-state index contributed by atoms with van der Waals surface area (Å²) in [6.45, 7) is 8.64. The predicted octanol–water partition coefficient (Wildman–Crippen LogP) is 2.92. The van der Waals surface area contributed by atoms with E-state index >= 15 is 0 Å². The maximum atomic E-state index is 11.8. The average molecular weight is 295 g/mol. The first kappa shape index (κ1) is 14.3. The molecule has 0 aliphatic rings. The molecule has 4 nitrogen and oxygen atoms in total. The molecule has 0 fully saturated rings. The molecule has 0 saturated carbocycles. The van der Waals surface area contributed by atoms with Gasteiger partial charge in [-0.2, -0.15) is 0 Å². The van der Waals surface area contributed by atoms with Gasteiger partial charge in [-0.3, -0.25) is 4.79 Å². The molecule has 0 spiro atoms. The van der Waals surface area contributed by atoms with Gasteiger partial charge in [0.1, 0.15) is 16.2 Å². The van der Waals surface area contributed by atoms with E-state index in [0.29, 0.717) is 6.54 Å². The number of hydrogen-bond donors (Lipinski definition) is 1. The molecule has 0 aliphatic carbocycles. The lowest BCUT2D eigenvalue weighted by Crippen LogP contribution is -2.30. The van der Waals surface area contributed by atoms with E-state index in [1.54, 1.807) is 17.7 Å². The third-order valence-electron chi connectivity index (χ3n) is 2.94. The van der Waals surface area contributed by atoms with Crippen LogP contribution in [0.2, 0.25) is 0 Å². The maximum absolute atomic E-state index is 11.8. The first-order valence-electron chi connectivity index (χ1n) is 6.19. The number of carbonyl (C=O) groups is 1. The Bertz CT molecular complexity index is 609. The average Bonchev–Trinajstić information content (AvgIpc) is 2.66. The molecule has 0 unspecified atom stereocenters. The van der Waals surface area contributed by atoms with Gasteiger partial charge in [-0.1, -0.05) is 11.8 Å². The monoisotopic (exact) mass is 295 g/mol. The van der Waals surface area contributed by atoms with Gasteiger partial charge in [-0.15, -0.1) is 11.3 Å². The molecule has 1 N–H and O–H groups in total. The fourth-order valence-electron chi connectivity index (χ4n) is 1.78. The Kier molecular flexibility index (Phi) is 4.42. The van der Waals surface area contributed by atoms with Crippen LogP contribution in [0.4, 0.5) is 0 Å². The quantitative estimate of drug-likeness (QED) is 0.696. The Morgan fingerprint density at radius 1 is 1.47 bits per heavy atom. The van der Waals surface area contributed by atoms with Crippen molar-refractivity contribution in [2.45, 2.75) is 38.0 Å². The van der Waals surface area contributed by atoms with Crippen molar-refractivity contribution in [3.63, 3.8) is 0 Å². The van der Waals surface area contributed by atoms with Crippen LogP contribution in [-0.4, -0.2) is 27.7 Å². The number of rotatable bonds is 4. The summed E-state index contributed by atoms with van der Waals surface area (Å²) in [6, 6.07) is 0. The Labute approximate surface area is 121 Å². The molecule has 0 saturated heterocycles. The highest BCUT2D eigenvalue weighted by atomic mass is 32.2. The van der Waals surface area contributed by atoms with Crippen molar-refractivity contribution in [1.29, 1.82) is 0 Å². The minimum absolute atomic E-state index is 0.0452. The zero-order valence-electron chi connectivity index (χ0n) is 11.5. The third-order valence-corrected chi connectivity index (χ3v) is 5.15. The summed E-state index contributed by atoms with van der Waals surface area (Å²) in [5.74, 6) is 0.0452.